The van der Waals surface area contributed by atoms with E-state index >= 15 is 0 Å². The molecule has 4 rings (SSSR count). The van der Waals surface area contributed by atoms with E-state index in [1.807, 2.05) is 0 Å². The molecule has 2 aromatic heterocycles. The highest BCUT2D eigenvalue weighted by Crippen LogP contribution is 2.34. The van der Waals surface area contributed by atoms with Gasteiger partial charge in [-0.25, -0.2) is 13.8 Å². The molecule has 0 aliphatic carbocycles. The minimum absolute atomic E-state index is 0.0807. The van der Waals surface area contributed by atoms with Gasteiger partial charge in [0.2, 0.25) is 0 Å². The SMILES string of the molecule is Fc1cc(F)c2n[nH]c(-c3cc(NC4CCNCC4)ncc3Cl)c2c1. The van der Waals surface area contributed by atoms with Gasteiger partial charge < -0.3 is 10.6 Å². The van der Waals surface area contributed by atoms with Gasteiger partial charge in [-0.1, -0.05) is 11.6 Å². The second-order valence-electron chi connectivity index (χ2n) is 6.10. The molecule has 25 heavy (non-hydrogen) atoms. The average molecular weight is 364 g/mol. The van der Waals surface area contributed by atoms with E-state index < -0.39 is 11.6 Å². The van der Waals surface area contributed by atoms with Crippen LogP contribution in [0.1, 0.15) is 12.8 Å². The molecule has 3 aromatic rings. The van der Waals surface area contributed by atoms with Crippen LogP contribution in [0.2, 0.25) is 5.02 Å². The summed E-state index contributed by atoms with van der Waals surface area (Å²) >= 11 is 6.27. The fourth-order valence-corrected chi connectivity index (χ4v) is 3.33. The van der Waals surface area contributed by atoms with Crippen LogP contribution < -0.4 is 10.6 Å². The smallest absolute Gasteiger partial charge is 0.154 e. The number of rotatable bonds is 3. The molecule has 1 aliphatic rings. The Kier molecular flexibility index (Phi) is 4.27. The topological polar surface area (TPSA) is 65.6 Å². The first-order chi connectivity index (χ1) is 12.1. The van der Waals surface area contributed by atoms with Gasteiger partial charge in [0, 0.05) is 29.3 Å². The predicted molar refractivity (Wildman–Crippen MR) is 93.8 cm³/mol. The van der Waals surface area contributed by atoms with Crippen molar-refractivity contribution in [1.29, 1.82) is 0 Å². The lowest BCUT2D eigenvalue weighted by molar-refractivity contribution is 0.478. The van der Waals surface area contributed by atoms with Crippen molar-refractivity contribution in [3.8, 4) is 11.3 Å². The maximum Gasteiger partial charge on any atom is 0.154 e. The average Bonchev–Trinajstić information content (AvgIpc) is 3.01. The monoisotopic (exact) mass is 363 g/mol. The predicted octanol–water partition coefficient (Wildman–Crippen LogP) is 3.72. The number of piperidine rings is 1. The Morgan fingerprint density at radius 3 is 2.76 bits per heavy atom. The molecule has 130 valence electrons. The maximum absolute atomic E-state index is 13.9. The zero-order valence-electron chi connectivity index (χ0n) is 13.2. The quantitative estimate of drug-likeness (QED) is 0.663. The van der Waals surface area contributed by atoms with Crippen molar-refractivity contribution in [2.75, 3.05) is 18.4 Å². The van der Waals surface area contributed by atoms with E-state index in [0.29, 0.717) is 33.5 Å². The molecule has 0 amide bonds. The summed E-state index contributed by atoms with van der Waals surface area (Å²) < 4.78 is 27.5. The molecule has 1 aliphatic heterocycles. The molecule has 0 bridgehead atoms. The molecule has 3 heterocycles. The third-order valence-electron chi connectivity index (χ3n) is 4.39. The van der Waals surface area contributed by atoms with Crippen LogP contribution in [0.3, 0.4) is 0 Å². The van der Waals surface area contributed by atoms with Crippen molar-refractivity contribution in [1.82, 2.24) is 20.5 Å². The third kappa shape index (κ3) is 3.17. The van der Waals surface area contributed by atoms with Crippen molar-refractivity contribution < 1.29 is 8.78 Å². The number of hydrogen-bond acceptors (Lipinski definition) is 4. The van der Waals surface area contributed by atoms with E-state index in [-0.39, 0.29) is 5.52 Å². The summed E-state index contributed by atoms with van der Waals surface area (Å²) in [7, 11) is 0. The van der Waals surface area contributed by atoms with Crippen molar-refractivity contribution in [3.63, 3.8) is 0 Å². The van der Waals surface area contributed by atoms with E-state index in [1.54, 1.807) is 6.07 Å². The number of fused-ring (bicyclic) bond motifs is 1. The van der Waals surface area contributed by atoms with Gasteiger partial charge in [0.25, 0.3) is 0 Å². The van der Waals surface area contributed by atoms with E-state index in [9.17, 15) is 8.78 Å². The van der Waals surface area contributed by atoms with E-state index in [2.05, 4.69) is 25.8 Å². The fraction of sp³-hybridized carbons (Fsp3) is 0.294. The molecule has 8 heteroatoms. The number of pyridine rings is 1. The molecule has 0 saturated carbocycles. The number of aromatic amines is 1. The highest BCUT2D eigenvalue weighted by atomic mass is 35.5. The van der Waals surface area contributed by atoms with E-state index in [1.165, 1.54) is 12.3 Å². The first kappa shape index (κ1) is 16.2. The maximum atomic E-state index is 13.9. The zero-order valence-corrected chi connectivity index (χ0v) is 14.0. The third-order valence-corrected chi connectivity index (χ3v) is 4.69. The van der Waals surface area contributed by atoms with Gasteiger partial charge >= 0.3 is 0 Å². The Morgan fingerprint density at radius 2 is 1.96 bits per heavy atom. The van der Waals surface area contributed by atoms with Crippen LogP contribution in [0.4, 0.5) is 14.6 Å². The van der Waals surface area contributed by atoms with Crippen LogP contribution in [0.15, 0.2) is 24.4 Å². The number of benzene rings is 1. The lowest BCUT2D eigenvalue weighted by Gasteiger charge is -2.24. The molecular formula is C17H16ClF2N5. The number of anilines is 1. The highest BCUT2D eigenvalue weighted by molar-refractivity contribution is 6.33. The number of hydrogen-bond donors (Lipinski definition) is 3. The number of halogens is 3. The first-order valence-corrected chi connectivity index (χ1v) is 8.46. The Labute approximate surface area is 147 Å². The Balaban J connectivity index is 1.73. The molecule has 0 unspecified atom stereocenters. The minimum atomic E-state index is -0.712. The summed E-state index contributed by atoms with van der Waals surface area (Å²) in [6, 6.07) is 4.16. The number of H-pyrrole nitrogens is 1. The molecule has 1 saturated heterocycles. The standard InChI is InChI=1S/C17H16ClF2N5/c18-13-8-22-15(23-10-1-3-21-4-2-10)7-11(13)16-12-5-9(19)6-14(20)17(12)25-24-16/h5-8,10,21H,1-4H2,(H,22,23)(H,24,25). The fourth-order valence-electron chi connectivity index (χ4n) is 3.13. The van der Waals surface area contributed by atoms with Gasteiger partial charge in [0.1, 0.15) is 17.2 Å². The second-order valence-corrected chi connectivity index (χ2v) is 6.51. The van der Waals surface area contributed by atoms with Crippen molar-refractivity contribution >= 4 is 28.3 Å². The number of nitrogens with one attached hydrogen (secondary N) is 3. The Bertz CT molecular complexity index is 921. The van der Waals surface area contributed by atoms with Crippen LogP contribution in [0.25, 0.3) is 22.2 Å². The molecule has 3 N–H and O–H groups in total. The highest BCUT2D eigenvalue weighted by Gasteiger charge is 2.18. The molecule has 1 fully saturated rings. The van der Waals surface area contributed by atoms with Crippen molar-refractivity contribution in [3.05, 3.63) is 41.1 Å². The van der Waals surface area contributed by atoms with Gasteiger partial charge in [-0.05, 0) is 38.1 Å². The molecule has 0 spiro atoms. The van der Waals surface area contributed by atoms with Gasteiger partial charge in [-0.3, -0.25) is 5.10 Å². The Morgan fingerprint density at radius 1 is 1.16 bits per heavy atom. The summed E-state index contributed by atoms with van der Waals surface area (Å²) in [5.74, 6) is -0.701. The lowest BCUT2D eigenvalue weighted by atomic mass is 10.1. The molecule has 0 atom stereocenters. The van der Waals surface area contributed by atoms with Gasteiger partial charge in [0.15, 0.2) is 5.82 Å². The van der Waals surface area contributed by atoms with Crippen molar-refractivity contribution in [2.24, 2.45) is 0 Å². The van der Waals surface area contributed by atoms with Crippen molar-refractivity contribution in [2.45, 2.75) is 18.9 Å². The largest absolute Gasteiger partial charge is 0.367 e. The molecule has 1 aromatic carbocycles. The van der Waals surface area contributed by atoms with Gasteiger partial charge in [0.05, 0.1) is 10.7 Å². The van der Waals surface area contributed by atoms with E-state index in [0.717, 1.165) is 32.0 Å². The number of aromatic nitrogens is 3. The summed E-state index contributed by atoms with van der Waals surface area (Å²) in [4.78, 5) is 4.31. The minimum Gasteiger partial charge on any atom is -0.367 e. The lowest BCUT2D eigenvalue weighted by Crippen LogP contribution is -2.35. The summed E-state index contributed by atoms with van der Waals surface area (Å²) in [5.41, 5.74) is 1.15. The van der Waals surface area contributed by atoms with Crippen LogP contribution in [-0.2, 0) is 0 Å². The summed E-state index contributed by atoms with van der Waals surface area (Å²) in [5, 5.41) is 14.1. The molecular weight excluding hydrogens is 348 g/mol. The number of nitrogens with zero attached hydrogens (tertiary/aromatic N) is 2. The van der Waals surface area contributed by atoms with Gasteiger partial charge in [-0.2, -0.15) is 5.10 Å². The zero-order chi connectivity index (χ0) is 17.4. The van der Waals surface area contributed by atoms with Gasteiger partial charge in [-0.15, -0.1) is 0 Å². The van der Waals surface area contributed by atoms with E-state index in [4.69, 9.17) is 11.6 Å². The Hall–Kier alpha value is -2.25. The second kappa shape index (κ2) is 6.57. The summed E-state index contributed by atoms with van der Waals surface area (Å²) in [6.07, 6.45) is 3.54. The molecule has 0 radical (unpaired) electrons. The van der Waals surface area contributed by atoms with Crippen LogP contribution in [0.5, 0.6) is 0 Å². The van der Waals surface area contributed by atoms with Crippen LogP contribution in [0, 0.1) is 11.6 Å². The summed E-state index contributed by atoms with van der Waals surface area (Å²) in [6.45, 7) is 1.92. The normalized spacial score (nSPS) is 15.6. The van der Waals surface area contributed by atoms with Crippen LogP contribution >= 0.6 is 11.6 Å². The van der Waals surface area contributed by atoms with Crippen LogP contribution in [-0.4, -0.2) is 34.3 Å². The molecule has 5 nitrogen and oxygen atoms in total. The first-order valence-electron chi connectivity index (χ1n) is 8.08.